The second-order valence-corrected chi connectivity index (χ2v) is 5.08. The molecule has 0 radical (unpaired) electrons. The number of carbonyl (C=O) groups is 1. The van der Waals surface area contributed by atoms with Gasteiger partial charge in [0.15, 0.2) is 0 Å². The standard InChI is InChI=1S/C13H13N3O4S/c17-7-12(18)15-11-3-1-2-10(5-11)14-6-9-4-13(16(19)20)21-8-9/h1-5,8,14,17H,6-7H2,(H,15,18). The highest BCUT2D eigenvalue weighted by Crippen LogP contribution is 2.23. The third-order valence-electron chi connectivity index (χ3n) is 2.61. The third-order valence-corrected chi connectivity index (χ3v) is 3.54. The van der Waals surface area contributed by atoms with Crippen LogP contribution >= 0.6 is 11.3 Å². The number of thiophene rings is 1. The van der Waals surface area contributed by atoms with Gasteiger partial charge in [0.1, 0.15) is 6.61 Å². The van der Waals surface area contributed by atoms with Crippen LogP contribution in [-0.2, 0) is 11.3 Å². The van der Waals surface area contributed by atoms with Crippen LogP contribution in [0.1, 0.15) is 5.56 Å². The van der Waals surface area contributed by atoms with Gasteiger partial charge in [-0.25, -0.2) is 0 Å². The van der Waals surface area contributed by atoms with Gasteiger partial charge in [-0.3, -0.25) is 14.9 Å². The Bertz CT molecular complexity index is 656. The Balaban J connectivity index is 1.97. The summed E-state index contributed by atoms with van der Waals surface area (Å²) in [6, 6.07) is 8.51. The van der Waals surface area contributed by atoms with Crippen LogP contribution in [0.3, 0.4) is 0 Å². The Morgan fingerprint density at radius 1 is 1.33 bits per heavy atom. The van der Waals surface area contributed by atoms with Crippen LogP contribution in [0.15, 0.2) is 35.7 Å². The van der Waals surface area contributed by atoms with Crippen LogP contribution in [0.4, 0.5) is 16.4 Å². The minimum Gasteiger partial charge on any atom is -0.387 e. The number of hydrogen-bond acceptors (Lipinski definition) is 6. The lowest BCUT2D eigenvalue weighted by Gasteiger charge is -2.08. The number of nitro groups is 1. The summed E-state index contributed by atoms with van der Waals surface area (Å²) in [6.07, 6.45) is 0. The second kappa shape index (κ2) is 6.82. The molecule has 0 aliphatic rings. The van der Waals surface area contributed by atoms with Gasteiger partial charge in [0.2, 0.25) is 5.91 Å². The number of aliphatic hydroxyl groups is 1. The molecule has 0 aliphatic heterocycles. The van der Waals surface area contributed by atoms with Crippen molar-refractivity contribution in [2.45, 2.75) is 6.54 Å². The van der Waals surface area contributed by atoms with Crippen LogP contribution in [0, 0.1) is 10.1 Å². The highest BCUT2D eigenvalue weighted by Gasteiger charge is 2.09. The van der Waals surface area contributed by atoms with E-state index < -0.39 is 17.4 Å². The van der Waals surface area contributed by atoms with Crippen molar-refractivity contribution < 1.29 is 14.8 Å². The van der Waals surface area contributed by atoms with Gasteiger partial charge in [-0.15, -0.1) is 0 Å². The van der Waals surface area contributed by atoms with Gasteiger partial charge < -0.3 is 15.7 Å². The molecule has 2 rings (SSSR count). The number of aliphatic hydroxyl groups excluding tert-OH is 1. The summed E-state index contributed by atoms with van der Waals surface area (Å²) >= 11 is 1.08. The van der Waals surface area contributed by atoms with Crippen molar-refractivity contribution in [3.8, 4) is 0 Å². The molecule has 1 aromatic carbocycles. The fraction of sp³-hybridized carbons (Fsp3) is 0.154. The van der Waals surface area contributed by atoms with E-state index in [9.17, 15) is 14.9 Å². The second-order valence-electron chi connectivity index (χ2n) is 4.19. The molecule has 0 bridgehead atoms. The number of amides is 1. The highest BCUT2D eigenvalue weighted by atomic mass is 32.1. The average Bonchev–Trinajstić information content (AvgIpc) is 2.94. The third kappa shape index (κ3) is 4.26. The van der Waals surface area contributed by atoms with Gasteiger partial charge in [-0.1, -0.05) is 17.4 Å². The minimum atomic E-state index is -0.573. The molecule has 8 heteroatoms. The van der Waals surface area contributed by atoms with Gasteiger partial charge >= 0.3 is 5.00 Å². The molecule has 0 unspecified atom stereocenters. The van der Waals surface area contributed by atoms with Gasteiger partial charge in [-0.05, 0) is 23.8 Å². The largest absolute Gasteiger partial charge is 0.387 e. The van der Waals surface area contributed by atoms with Crippen molar-refractivity contribution in [3.05, 3.63) is 51.4 Å². The number of nitrogens with one attached hydrogen (secondary N) is 2. The van der Waals surface area contributed by atoms with Crippen LogP contribution in [0.2, 0.25) is 0 Å². The molecule has 110 valence electrons. The predicted octanol–water partition coefficient (Wildman–Crippen LogP) is 2.20. The molecular weight excluding hydrogens is 294 g/mol. The maximum absolute atomic E-state index is 11.1. The Kier molecular flexibility index (Phi) is 4.85. The van der Waals surface area contributed by atoms with Gasteiger partial charge in [0.05, 0.1) is 4.92 Å². The fourth-order valence-electron chi connectivity index (χ4n) is 1.66. The van der Waals surface area contributed by atoms with E-state index in [0.717, 1.165) is 22.6 Å². The first kappa shape index (κ1) is 14.9. The molecule has 1 heterocycles. The van der Waals surface area contributed by atoms with E-state index in [4.69, 9.17) is 5.11 Å². The Labute approximate surface area is 124 Å². The summed E-state index contributed by atoms with van der Waals surface area (Å²) in [7, 11) is 0. The zero-order valence-electron chi connectivity index (χ0n) is 10.9. The van der Waals surface area contributed by atoms with E-state index >= 15 is 0 Å². The van der Waals surface area contributed by atoms with E-state index in [1.807, 2.05) is 6.07 Å². The van der Waals surface area contributed by atoms with E-state index in [2.05, 4.69) is 10.6 Å². The van der Waals surface area contributed by atoms with E-state index in [0.29, 0.717) is 12.2 Å². The van der Waals surface area contributed by atoms with Crippen molar-refractivity contribution in [2.24, 2.45) is 0 Å². The molecule has 0 spiro atoms. The zero-order chi connectivity index (χ0) is 15.2. The number of nitrogens with zero attached hydrogens (tertiary/aromatic N) is 1. The number of carbonyl (C=O) groups excluding carboxylic acids is 1. The van der Waals surface area contributed by atoms with Crippen LogP contribution in [-0.4, -0.2) is 22.5 Å². The van der Waals surface area contributed by atoms with Gasteiger partial charge in [0, 0.05) is 29.4 Å². The van der Waals surface area contributed by atoms with Crippen LogP contribution in [0.25, 0.3) is 0 Å². The minimum absolute atomic E-state index is 0.107. The summed E-state index contributed by atoms with van der Waals surface area (Å²) < 4.78 is 0. The molecule has 0 saturated carbocycles. The smallest absolute Gasteiger partial charge is 0.324 e. The summed E-state index contributed by atoms with van der Waals surface area (Å²) in [4.78, 5) is 21.3. The van der Waals surface area contributed by atoms with Crippen molar-refractivity contribution in [2.75, 3.05) is 17.2 Å². The molecule has 1 aromatic heterocycles. The van der Waals surface area contributed by atoms with Crippen molar-refractivity contribution in [1.29, 1.82) is 0 Å². The number of hydrogen-bond donors (Lipinski definition) is 3. The Hall–Kier alpha value is -2.45. The van der Waals surface area contributed by atoms with Crippen molar-refractivity contribution in [1.82, 2.24) is 0 Å². The topological polar surface area (TPSA) is 104 Å². The van der Waals surface area contributed by atoms with E-state index in [1.54, 1.807) is 23.6 Å². The number of anilines is 2. The molecular formula is C13H13N3O4S. The molecule has 0 saturated heterocycles. The maximum atomic E-state index is 11.1. The summed E-state index contributed by atoms with van der Waals surface area (Å²) in [5.74, 6) is -0.486. The van der Waals surface area contributed by atoms with Crippen molar-refractivity contribution in [3.63, 3.8) is 0 Å². The maximum Gasteiger partial charge on any atom is 0.324 e. The molecule has 7 nitrogen and oxygen atoms in total. The molecule has 1 amide bonds. The lowest BCUT2D eigenvalue weighted by Crippen LogP contribution is -2.15. The molecule has 0 atom stereocenters. The predicted molar refractivity (Wildman–Crippen MR) is 80.5 cm³/mol. The highest BCUT2D eigenvalue weighted by molar-refractivity contribution is 7.13. The summed E-state index contributed by atoms with van der Waals surface area (Å²) in [5, 5.41) is 26.8. The fourth-order valence-corrected chi connectivity index (χ4v) is 2.39. The molecule has 2 aromatic rings. The van der Waals surface area contributed by atoms with Gasteiger partial charge in [0.25, 0.3) is 0 Å². The van der Waals surface area contributed by atoms with Gasteiger partial charge in [-0.2, -0.15) is 0 Å². The summed E-state index contributed by atoms with van der Waals surface area (Å²) in [6.45, 7) is -0.127. The normalized spacial score (nSPS) is 10.1. The molecule has 3 N–H and O–H groups in total. The lowest BCUT2D eigenvalue weighted by atomic mass is 10.2. The average molecular weight is 307 g/mol. The molecule has 0 aliphatic carbocycles. The molecule has 21 heavy (non-hydrogen) atoms. The van der Waals surface area contributed by atoms with E-state index in [1.165, 1.54) is 6.07 Å². The SMILES string of the molecule is O=C(CO)Nc1cccc(NCc2csc([N+](=O)[O-])c2)c1. The number of benzene rings is 1. The first-order valence-electron chi connectivity index (χ1n) is 6.05. The molecule has 0 fully saturated rings. The first-order valence-corrected chi connectivity index (χ1v) is 6.93. The number of rotatable bonds is 6. The summed E-state index contributed by atoms with van der Waals surface area (Å²) in [5.41, 5.74) is 2.14. The monoisotopic (exact) mass is 307 g/mol. The van der Waals surface area contributed by atoms with E-state index in [-0.39, 0.29) is 5.00 Å². The quantitative estimate of drug-likeness (QED) is 0.560. The van der Waals surface area contributed by atoms with Crippen LogP contribution in [0.5, 0.6) is 0 Å². The zero-order valence-corrected chi connectivity index (χ0v) is 11.7. The Morgan fingerprint density at radius 2 is 2.10 bits per heavy atom. The lowest BCUT2D eigenvalue weighted by molar-refractivity contribution is -0.380. The van der Waals surface area contributed by atoms with Crippen LogP contribution < -0.4 is 10.6 Å². The van der Waals surface area contributed by atoms with Crippen molar-refractivity contribution >= 4 is 33.6 Å². The first-order chi connectivity index (χ1) is 10.1. The Morgan fingerprint density at radius 3 is 2.76 bits per heavy atom.